The predicted octanol–water partition coefficient (Wildman–Crippen LogP) is 0.630. The standard InChI is InChI=1S/C16H23N3O4S/c20-15-12(8-11-4-3-6-14(11)19-15)9-17-16(21)18-10-13-5-1-2-7-24(13,22)23/h8,13H,1-7,9-10H2,(H,19,20)(H2,17,18,21). The van der Waals surface area contributed by atoms with E-state index in [1.165, 1.54) is 0 Å². The zero-order valence-electron chi connectivity index (χ0n) is 13.6. The van der Waals surface area contributed by atoms with Crippen molar-refractivity contribution in [3.8, 4) is 0 Å². The van der Waals surface area contributed by atoms with E-state index in [4.69, 9.17) is 0 Å². The average Bonchev–Trinajstić information content (AvgIpc) is 2.98. The number of nitrogens with one attached hydrogen (secondary N) is 3. The molecule has 1 aromatic heterocycles. The third-order valence-electron chi connectivity index (χ3n) is 4.81. The number of rotatable bonds is 4. The largest absolute Gasteiger partial charge is 0.337 e. The average molecular weight is 353 g/mol. The van der Waals surface area contributed by atoms with Crippen LogP contribution in [0, 0.1) is 0 Å². The fourth-order valence-electron chi connectivity index (χ4n) is 3.39. The number of hydrogen-bond acceptors (Lipinski definition) is 4. The van der Waals surface area contributed by atoms with Crippen LogP contribution in [0.25, 0.3) is 0 Å². The molecule has 1 atom stereocenters. The summed E-state index contributed by atoms with van der Waals surface area (Å²) < 4.78 is 23.8. The molecule has 1 saturated heterocycles. The summed E-state index contributed by atoms with van der Waals surface area (Å²) in [4.78, 5) is 26.7. The zero-order chi connectivity index (χ0) is 17.2. The number of amides is 2. The van der Waals surface area contributed by atoms with E-state index < -0.39 is 21.1 Å². The number of aromatic nitrogens is 1. The fraction of sp³-hybridized carbons (Fsp3) is 0.625. The van der Waals surface area contributed by atoms with Gasteiger partial charge in [-0.2, -0.15) is 0 Å². The van der Waals surface area contributed by atoms with Crippen molar-refractivity contribution in [2.75, 3.05) is 12.3 Å². The van der Waals surface area contributed by atoms with Crippen molar-refractivity contribution in [3.63, 3.8) is 0 Å². The minimum absolute atomic E-state index is 0.120. The maximum atomic E-state index is 12.0. The Balaban J connectivity index is 1.52. The molecule has 1 aliphatic heterocycles. The molecule has 132 valence electrons. The van der Waals surface area contributed by atoms with Crippen molar-refractivity contribution in [3.05, 3.63) is 33.2 Å². The Morgan fingerprint density at radius 1 is 1.21 bits per heavy atom. The van der Waals surface area contributed by atoms with Gasteiger partial charge in [0.05, 0.1) is 11.0 Å². The van der Waals surface area contributed by atoms with Gasteiger partial charge >= 0.3 is 6.03 Å². The number of carbonyl (C=O) groups excluding carboxylic acids is 1. The third kappa shape index (κ3) is 3.80. The van der Waals surface area contributed by atoms with E-state index in [9.17, 15) is 18.0 Å². The van der Waals surface area contributed by atoms with Crippen LogP contribution in [0.3, 0.4) is 0 Å². The Morgan fingerprint density at radius 3 is 2.83 bits per heavy atom. The normalized spacial score (nSPS) is 21.9. The summed E-state index contributed by atoms with van der Waals surface area (Å²) in [5, 5.41) is 4.74. The van der Waals surface area contributed by atoms with Gasteiger partial charge in [0.15, 0.2) is 9.84 Å². The van der Waals surface area contributed by atoms with E-state index >= 15 is 0 Å². The molecule has 1 aromatic rings. The van der Waals surface area contributed by atoms with Crippen LogP contribution in [0.15, 0.2) is 10.9 Å². The van der Waals surface area contributed by atoms with E-state index in [1.54, 1.807) is 0 Å². The van der Waals surface area contributed by atoms with Crippen molar-refractivity contribution >= 4 is 15.9 Å². The molecule has 3 rings (SSSR count). The Kier molecular flexibility index (Phi) is 4.93. The highest BCUT2D eigenvalue weighted by Crippen LogP contribution is 2.19. The molecule has 0 aromatic carbocycles. The summed E-state index contributed by atoms with van der Waals surface area (Å²) in [6.45, 7) is 0.251. The van der Waals surface area contributed by atoms with Crippen molar-refractivity contribution in [2.45, 2.75) is 50.3 Å². The van der Waals surface area contributed by atoms with E-state index in [-0.39, 0.29) is 24.4 Å². The van der Waals surface area contributed by atoms with Gasteiger partial charge < -0.3 is 15.6 Å². The molecule has 0 radical (unpaired) electrons. The Hall–Kier alpha value is -1.83. The van der Waals surface area contributed by atoms with Crippen LogP contribution in [0.1, 0.15) is 42.5 Å². The molecule has 2 aliphatic rings. The molecule has 3 N–H and O–H groups in total. The number of hydrogen-bond donors (Lipinski definition) is 3. The molecule has 8 heteroatoms. The van der Waals surface area contributed by atoms with Gasteiger partial charge in [-0.25, -0.2) is 13.2 Å². The van der Waals surface area contributed by atoms with Crippen LogP contribution in [0.5, 0.6) is 0 Å². The highest BCUT2D eigenvalue weighted by atomic mass is 32.2. The van der Waals surface area contributed by atoms with Crippen molar-refractivity contribution in [1.29, 1.82) is 0 Å². The van der Waals surface area contributed by atoms with Crippen LogP contribution >= 0.6 is 0 Å². The van der Waals surface area contributed by atoms with Crippen LogP contribution in [-0.4, -0.2) is 37.0 Å². The second kappa shape index (κ2) is 6.96. The first-order valence-electron chi connectivity index (χ1n) is 8.43. The second-order valence-electron chi connectivity index (χ2n) is 6.53. The highest BCUT2D eigenvalue weighted by molar-refractivity contribution is 7.92. The van der Waals surface area contributed by atoms with Crippen LogP contribution in [0.4, 0.5) is 4.79 Å². The van der Waals surface area contributed by atoms with Crippen molar-refractivity contribution < 1.29 is 13.2 Å². The number of pyridine rings is 1. The van der Waals surface area contributed by atoms with Gasteiger partial charge in [-0.15, -0.1) is 0 Å². The van der Waals surface area contributed by atoms with Gasteiger partial charge in [-0.05, 0) is 43.7 Å². The second-order valence-corrected chi connectivity index (χ2v) is 8.93. The quantitative estimate of drug-likeness (QED) is 0.738. The summed E-state index contributed by atoms with van der Waals surface area (Å²) in [7, 11) is -3.10. The lowest BCUT2D eigenvalue weighted by Gasteiger charge is -2.22. The van der Waals surface area contributed by atoms with Gasteiger partial charge in [0.25, 0.3) is 5.56 Å². The first-order chi connectivity index (χ1) is 11.5. The Labute approximate surface area is 141 Å². The molecule has 1 unspecified atom stereocenters. The maximum absolute atomic E-state index is 12.0. The van der Waals surface area contributed by atoms with E-state index in [1.807, 2.05) is 6.07 Å². The summed E-state index contributed by atoms with van der Waals surface area (Å²) in [6, 6.07) is 1.41. The topological polar surface area (TPSA) is 108 Å². The molecule has 2 amide bonds. The maximum Gasteiger partial charge on any atom is 0.315 e. The molecule has 7 nitrogen and oxygen atoms in total. The lowest BCUT2D eigenvalue weighted by Crippen LogP contribution is -2.43. The molecule has 1 fully saturated rings. The smallest absolute Gasteiger partial charge is 0.315 e. The molecule has 1 aliphatic carbocycles. The van der Waals surface area contributed by atoms with Crippen molar-refractivity contribution in [1.82, 2.24) is 15.6 Å². The number of fused-ring (bicyclic) bond motifs is 1. The number of urea groups is 1. The number of carbonyl (C=O) groups is 1. The van der Waals surface area contributed by atoms with E-state index in [0.29, 0.717) is 18.4 Å². The number of sulfone groups is 1. The molecule has 0 bridgehead atoms. The van der Waals surface area contributed by atoms with E-state index in [0.717, 1.165) is 36.9 Å². The van der Waals surface area contributed by atoms with E-state index in [2.05, 4.69) is 15.6 Å². The minimum Gasteiger partial charge on any atom is -0.337 e. The summed E-state index contributed by atoms with van der Waals surface area (Å²) in [5.74, 6) is 0.200. The molecule has 0 spiro atoms. The molecular formula is C16H23N3O4S. The van der Waals surface area contributed by atoms with Gasteiger partial charge in [-0.1, -0.05) is 6.42 Å². The number of aromatic amines is 1. The SMILES string of the molecule is O=C(NCc1cc2c([nH]c1=O)CCC2)NCC1CCCCS1(=O)=O. The lowest BCUT2D eigenvalue weighted by atomic mass is 10.1. The van der Waals surface area contributed by atoms with Gasteiger partial charge in [0, 0.05) is 24.3 Å². The van der Waals surface area contributed by atoms with Crippen LogP contribution in [-0.2, 0) is 29.2 Å². The summed E-state index contributed by atoms with van der Waals surface area (Å²) in [6.07, 6.45) is 5.05. The predicted molar refractivity (Wildman–Crippen MR) is 90.8 cm³/mol. The zero-order valence-corrected chi connectivity index (χ0v) is 14.4. The van der Waals surface area contributed by atoms with Crippen LogP contribution < -0.4 is 16.2 Å². The number of aryl methyl sites for hydroxylation is 2. The lowest BCUT2D eigenvalue weighted by molar-refractivity contribution is 0.240. The monoisotopic (exact) mass is 353 g/mol. The molecule has 2 heterocycles. The van der Waals surface area contributed by atoms with Gasteiger partial charge in [0.1, 0.15) is 0 Å². The highest BCUT2D eigenvalue weighted by Gasteiger charge is 2.28. The Bertz CT molecular complexity index is 785. The first-order valence-corrected chi connectivity index (χ1v) is 10.1. The molecule has 0 saturated carbocycles. The van der Waals surface area contributed by atoms with Crippen molar-refractivity contribution in [2.24, 2.45) is 0 Å². The molecule has 24 heavy (non-hydrogen) atoms. The third-order valence-corrected chi connectivity index (χ3v) is 7.08. The Morgan fingerprint density at radius 2 is 2.04 bits per heavy atom. The summed E-state index contributed by atoms with van der Waals surface area (Å²) >= 11 is 0. The van der Waals surface area contributed by atoms with Crippen LogP contribution in [0.2, 0.25) is 0 Å². The number of H-pyrrole nitrogens is 1. The summed E-state index contributed by atoms with van der Waals surface area (Å²) in [5.41, 5.74) is 2.48. The van der Waals surface area contributed by atoms with Gasteiger partial charge in [-0.3, -0.25) is 4.79 Å². The van der Waals surface area contributed by atoms with Gasteiger partial charge in [0.2, 0.25) is 0 Å². The fourth-order valence-corrected chi connectivity index (χ4v) is 5.19. The first kappa shape index (κ1) is 17.0. The minimum atomic E-state index is -3.10. The molecular weight excluding hydrogens is 330 g/mol.